The first-order chi connectivity index (χ1) is 8.15. The monoisotopic (exact) mass is 249 g/mol. The minimum absolute atomic E-state index is 0.169. The molecule has 2 saturated carbocycles. The second-order valence-electron chi connectivity index (χ2n) is 5.33. The Labute approximate surface area is 106 Å². The molecule has 90 valence electrons. The maximum atomic E-state index is 12.1. The topological polar surface area (TPSA) is 29.1 Å². The summed E-state index contributed by atoms with van der Waals surface area (Å²) in [6.07, 6.45) is 3.51. The zero-order valence-corrected chi connectivity index (χ0v) is 10.6. The number of carbonyl (C=O) groups excluding carboxylic acids is 1. The van der Waals surface area contributed by atoms with Gasteiger partial charge in [-0.25, -0.2) is 0 Å². The Kier molecular flexibility index (Phi) is 2.62. The summed E-state index contributed by atoms with van der Waals surface area (Å²) in [6.45, 7) is 1.93. The lowest BCUT2D eigenvalue weighted by molar-refractivity contribution is -0.120. The van der Waals surface area contributed by atoms with Crippen molar-refractivity contribution < 1.29 is 4.79 Å². The van der Waals surface area contributed by atoms with E-state index in [1.807, 2.05) is 25.1 Å². The van der Waals surface area contributed by atoms with Crippen LogP contribution in [0.5, 0.6) is 0 Å². The second-order valence-corrected chi connectivity index (χ2v) is 5.73. The lowest BCUT2D eigenvalue weighted by atomic mass is 10.0. The van der Waals surface area contributed by atoms with Crippen LogP contribution in [0.3, 0.4) is 0 Å². The molecule has 2 atom stereocenters. The van der Waals surface area contributed by atoms with Crippen LogP contribution in [0.4, 0.5) is 5.69 Å². The van der Waals surface area contributed by atoms with Gasteiger partial charge in [-0.3, -0.25) is 4.79 Å². The summed E-state index contributed by atoms with van der Waals surface area (Å²) in [7, 11) is 0. The molecule has 3 rings (SSSR count). The Morgan fingerprint density at radius 3 is 2.71 bits per heavy atom. The Balaban J connectivity index is 1.69. The molecule has 2 fully saturated rings. The summed E-state index contributed by atoms with van der Waals surface area (Å²) in [4.78, 5) is 12.1. The number of halogens is 1. The van der Waals surface area contributed by atoms with Gasteiger partial charge in [-0.1, -0.05) is 17.7 Å². The number of hydrogen-bond donors (Lipinski definition) is 1. The van der Waals surface area contributed by atoms with Gasteiger partial charge in [0.25, 0.3) is 0 Å². The molecule has 0 heterocycles. The van der Waals surface area contributed by atoms with Crippen molar-refractivity contribution in [3.05, 3.63) is 28.8 Å². The predicted octanol–water partition coefficient (Wildman–Crippen LogP) is 3.63. The molecular weight excluding hydrogens is 234 g/mol. The predicted molar refractivity (Wildman–Crippen MR) is 69.1 cm³/mol. The van der Waals surface area contributed by atoms with E-state index in [-0.39, 0.29) is 11.8 Å². The molecule has 1 aromatic rings. The summed E-state index contributed by atoms with van der Waals surface area (Å²) in [5, 5.41) is 3.72. The van der Waals surface area contributed by atoms with E-state index in [9.17, 15) is 4.79 Å². The number of nitrogens with one attached hydrogen (secondary N) is 1. The lowest BCUT2D eigenvalue weighted by Gasteiger charge is -2.14. The number of fused-ring (bicyclic) bond motifs is 1. The first kappa shape index (κ1) is 11.1. The highest BCUT2D eigenvalue weighted by Crippen LogP contribution is 2.54. The van der Waals surface area contributed by atoms with Crippen molar-refractivity contribution in [2.24, 2.45) is 17.8 Å². The van der Waals surface area contributed by atoms with Gasteiger partial charge in [0.2, 0.25) is 5.91 Å². The molecule has 1 N–H and O–H groups in total. The quantitative estimate of drug-likeness (QED) is 0.852. The second kappa shape index (κ2) is 4.02. The van der Waals surface area contributed by atoms with Crippen molar-refractivity contribution >= 4 is 23.2 Å². The minimum atomic E-state index is 0.169. The zero-order valence-electron chi connectivity index (χ0n) is 9.87. The molecule has 0 radical (unpaired) electrons. The summed E-state index contributed by atoms with van der Waals surface area (Å²) in [5.41, 5.74) is 1.80. The summed E-state index contributed by atoms with van der Waals surface area (Å²) in [5.74, 6) is 2.07. The highest BCUT2D eigenvalue weighted by molar-refractivity contribution is 6.31. The van der Waals surface area contributed by atoms with E-state index in [4.69, 9.17) is 11.6 Å². The normalized spacial score (nSPS) is 29.9. The molecule has 2 nitrogen and oxygen atoms in total. The fraction of sp³-hybridized carbons (Fsp3) is 0.500. The van der Waals surface area contributed by atoms with Crippen molar-refractivity contribution in [1.82, 2.24) is 0 Å². The number of anilines is 1. The number of carbonyl (C=O) groups is 1. The standard InChI is InChI=1S/C14H16ClNO/c1-8-12(15)3-2-4-13(8)16-14(17)11-6-9-5-10(9)7-11/h2-4,9-11H,5-7H2,1H3,(H,16,17). The highest BCUT2D eigenvalue weighted by atomic mass is 35.5. The van der Waals surface area contributed by atoms with E-state index in [1.165, 1.54) is 6.42 Å². The Morgan fingerprint density at radius 2 is 2.00 bits per heavy atom. The highest BCUT2D eigenvalue weighted by Gasteiger charge is 2.47. The van der Waals surface area contributed by atoms with Gasteiger partial charge in [-0.05, 0) is 55.7 Å². The zero-order chi connectivity index (χ0) is 12.0. The fourth-order valence-electron chi connectivity index (χ4n) is 2.91. The largest absolute Gasteiger partial charge is 0.326 e. The third-order valence-electron chi connectivity index (χ3n) is 4.14. The van der Waals surface area contributed by atoms with E-state index < -0.39 is 0 Å². The van der Waals surface area contributed by atoms with Crippen molar-refractivity contribution in [2.45, 2.75) is 26.2 Å². The molecule has 2 aliphatic carbocycles. The maximum Gasteiger partial charge on any atom is 0.227 e. The van der Waals surface area contributed by atoms with Crippen LogP contribution in [-0.2, 0) is 4.79 Å². The van der Waals surface area contributed by atoms with Crippen molar-refractivity contribution in [3.63, 3.8) is 0 Å². The molecule has 2 unspecified atom stereocenters. The SMILES string of the molecule is Cc1c(Cl)cccc1NC(=O)C1CC2CC2C1. The van der Waals surface area contributed by atoms with Gasteiger partial charge < -0.3 is 5.32 Å². The summed E-state index contributed by atoms with van der Waals surface area (Å²) >= 11 is 6.04. The molecular formula is C14H16ClNO. The number of rotatable bonds is 2. The minimum Gasteiger partial charge on any atom is -0.326 e. The van der Waals surface area contributed by atoms with Crippen LogP contribution in [0.1, 0.15) is 24.8 Å². The first-order valence-corrected chi connectivity index (χ1v) is 6.59. The van der Waals surface area contributed by atoms with E-state index in [2.05, 4.69) is 5.32 Å². The molecule has 1 amide bonds. The number of amides is 1. The summed E-state index contributed by atoms with van der Waals surface area (Å²) in [6, 6.07) is 5.63. The van der Waals surface area contributed by atoms with E-state index in [1.54, 1.807) is 0 Å². The van der Waals surface area contributed by atoms with Crippen molar-refractivity contribution in [1.29, 1.82) is 0 Å². The average molecular weight is 250 g/mol. The van der Waals surface area contributed by atoms with Gasteiger partial charge in [0, 0.05) is 16.6 Å². The van der Waals surface area contributed by atoms with Gasteiger partial charge in [-0.15, -0.1) is 0 Å². The van der Waals surface area contributed by atoms with Crippen LogP contribution in [0.25, 0.3) is 0 Å². The molecule has 0 aromatic heterocycles. The van der Waals surface area contributed by atoms with Crippen LogP contribution in [0.15, 0.2) is 18.2 Å². The molecule has 17 heavy (non-hydrogen) atoms. The molecule has 3 heteroatoms. The van der Waals surface area contributed by atoms with E-state index in [0.29, 0.717) is 5.02 Å². The van der Waals surface area contributed by atoms with Gasteiger partial charge in [0.1, 0.15) is 0 Å². The molecule has 0 aliphatic heterocycles. The molecule has 0 bridgehead atoms. The van der Waals surface area contributed by atoms with E-state index in [0.717, 1.165) is 35.9 Å². The number of benzene rings is 1. The lowest BCUT2D eigenvalue weighted by Crippen LogP contribution is -2.22. The third kappa shape index (κ3) is 2.06. The average Bonchev–Trinajstić information content (AvgIpc) is 2.92. The molecule has 0 spiro atoms. The van der Waals surface area contributed by atoms with Gasteiger partial charge >= 0.3 is 0 Å². The Morgan fingerprint density at radius 1 is 1.29 bits per heavy atom. The van der Waals surface area contributed by atoms with Crippen LogP contribution >= 0.6 is 11.6 Å². The molecule has 0 saturated heterocycles. The van der Waals surface area contributed by atoms with Crippen molar-refractivity contribution in [2.75, 3.05) is 5.32 Å². The van der Waals surface area contributed by atoms with Crippen LogP contribution < -0.4 is 5.32 Å². The van der Waals surface area contributed by atoms with Gasteiger partial charge in [0.05, 0.1) is 0 Å². The number of hydrogen-bond acceptors (Lipinski definition) is 1. The van der Waals surface area contributed by atoms with E-state index >= 15 is 0 Å². The van der Waals surface area contributed by atoms with Crippen LogP contribution in [-0.4, -0.2) is 5.91 Å². The van der Waals surface area contributed by atoms with Crippen LogP contribution in [0, 0.1) is 24.7 Å². The fourth-order valence-corrected chi connectivity index (χ4v) is 3.08. The molecule has 2 aliphatic rings. The Bertz CT molecular complexity index is 461. The summed E-state index contributed by atoms with van der Waals surface area (Å²) < 4.78 is 0. The Hall–Kier alpha value is -1.02. The van der Waals surface area contributed by atoms with Crippen molar-refractivity contribution in [3.8, 4) is 0 Å². The smallest absolute Gasteiger partial charge is 0.227 e. The maximum absolute atomic E-state index is 12.1. The van der Waals surface area contributed by atoms with Gasteiger partial charge in [-0.2, -0.15) is 0 Å². The third-order valence-corrected chi connectivity index (χ3v) is 4.55. The van der Waals surface area contributed by atoms with Gasteiger partial charge in [0.15, 0.2) is 0 Å². The molecule has 1 aromatic carbocycles. The van der Waals surface area contributed by atoms with Crippen LogP contribution in [0.2, 0.25) is 5.02 Å². The first-order valence-electron chi connectivity index (χ1n) is 6.21.